The number of rotatable bonds is 7. The topological polar surface area (TPSA) is 59.1 Å². The average Bonchev–Trinajstić information content (AvgIpc) is 2.69. The largest absolute Gasteiger partial charge is 0.489 e. The van der Waals surface area contributed by atoms with Crippen LogP contribution in [0.15, 0.2) is 48.5 Å². The first-order valence-corrected chi connectivity index (χ1v) is 9.15. The normalized spacial score (nSPS) is 15.6. The molecule has 0 saturated carbocycles. The Morgan fingerprint density at radius 2 is 1.93 bits per heavy atom. The van der Waals surface area contributed by atoms with Gasteiger partial charge in [0, 0.05) is 20.0 Å². The lowest BCUT2D eigenvalue weighted by molar-refractivity contribution is -0.130. The molecule has 0 aromatic heterocycles. The molecule has 6 nitrogen and oxygen atoms in total. The fourth-order valence-corrected chi connectivity index (χ4v) is 2.97. The number of carbonyl (C=O) groups is 2. The number of ether oxygens (including phenoxy) is 2. The SMILES string of the molecule is CC1Oc2ccccc2N(CCC(=O)N(C)CCOc2ccccc2F)C1=O. The lowest BCUT2D eigenvalue weighted by atomic mass is 10.1. The second-order valence-electron chi connectivity index (χ2n) is 6.56. The zero-order valence-corrected chi connectivity index (χ0v) is 15.9. The maximum absolute atomic E-state index is 13.5. The van der Waals surface area contributed by atoms with Gasteiger partial charge in [0.2, 0.25) is 5.91 Å². The summed E-state index contributed by atoms with van der Waals surface area (Å²) in [6.45, 7) is 2.46. The Bertz CT molecular complexity index is 858. The smallest absolute Gasteiger partial charge is 0.267 e. The van der Waals surface area contributed by atoms with Gasteiger partial charge in [-0.05, 0) is 31.2 Å². The van der Waals surface area contributed by atoms with E-state index in [2.05, 4.69) is 0 Å². The molecule has 0 N–H and O–H groups in total. The van der Waals surface area contributed by atoms with E-state index >= 15 is 0 Å². The molecule has 3 rings (SSSR count). The maximum atomic E-state index is 13.5. The first-order chi connectivity index (χ1) is 13.5. The van der Waals surface area contributed by atoms with Gasteiger partial charge < -0.3 is 19.3 Å². The summed E-state index contributed by atoms with van der Waals surface area (Å²) < 4.78 is 24.5. The van der Waals surface area contributed by atoms with Gasteiger partial charge in [-0.1, -0.05) is 24.3 Å². The molecule has 1 unspecified atom stereocenters. The predicted octanol–water partition coefficient (Wildman–Crippen LogP) is 2.87. The number of amides is 2. The zero-order valence-electron chi connectivity index (χ0n) is 15.9. The average molecular weight is 386 g/mol. The van der Waals surface area contributed by atoms with Crippen LogP contribution in [0.5, 0.6) is 11.5 Å². The Morgan fingerprint density at radius 1 is 1.21 bits per heavy atom. The number of halogens is 1. The Hall–Kier alpha value is -3.09. The van der Waals surface area contributed by atoms with Crippen molar-refractivity contribution < 1.29 is 23.5 Å². The third-order valence-electron chi connectivity index (χ3n) is 4.57. The van der Waals surface area contributed by atoms with Crippen molar-refractivity contribution >= 4 is 17.5 Å². The van der Waals surface area contributed by atoms with E-state index in [0.717, 1.165) is 0 Å². The quantitative estimate of drug-likeness (QED) is 0.734. The van der Waals surface area contributed by atoms with Crippen molar-refractivity contribution in [3.8, 4) is 11.5 Å². The molecule has 0 bridgehead atoms. The van der Waals surface area contributed by atoms with Crippen LogP contribution in [0.25, 0.3) is 0 Å². The molecular formula is C21H23FN2O4. The van der Waals surface area contributed by atoms with E-state index in [0.29, 0.717) is 18.0 Å². The lowest BCUT2D eigenvalue weighted by Crippen LogP contribution is -2.46. The van der Waals surface area contributed by atoms with E-state index in [9.17, 15) is 14.0 Å². The summed E-state index contributed by atoms with van der Waals surface area (Å²) in [5, 5.41) is 0. The molecule has 0 saturated heterocycles. The second-order valence-corrected chi connectivity index (χ2v) is 6.56. The Balaban J connectivity index is 1.52. The third-order valence-corrected chi connectivity index (χ3v) is 4.57. The number of para-hydroxylation sites is 3. The van der Waals surface area contributed by atoms with Crippen LogP contribution in [0.2, 0.25) is 0 Å². The predicted molar refractivity (Wildman–Crippen MR) is 103 cm³/mol. The Labute approximate surface area is 163 Å². The number of anilines is 1. The molecule has 2 aromatic carbocycles. The van der Waals surface area contributed by atoms with E-state index in [1.54, 1.807) is 49.2 Å². The number of hydrogen-bond acceptors (Lipinski definition) is 4. The monoisotopic (exact) mass is 386 g/mol. The van der Waals surface area contributed by atoms with Crippen LogP contribution in [0, 0.1) is 5.82 Å². The van der Waals surface area contributed by atoms with Crippen molar-refractivity contribution in [3.63, 3.8) is 0 Å². The van der Waals surface area contributed by atoms with Crippen molar-refractivity contribution in [1.82, 2.24) is 4.90 Å². The molecule has 0 fully saturated rings. The molecule has 2 aromatic rings. The number of carbonyl (C=O) groups excluding carboxylic acids is 2. The molecule has 2 amide bonds. The Kier molecular flexibility index (Phi) is 6.13. The number of hydrogen-bond donors (Lipinski definition) is 0. The summed E-state index contributed by atoms with van der Waals surface area (Å²) in [6.07, 6.45) is -0.417. The highest BCUT2D eigenvalue weighted by atomic mass is 19.1. The Morgan fingerprint density at radius 3 is 2.71 bits per heavy atom. The fourth-order valence-electron chi connectivity index (χ4n) is 2.97. The highest BCUT2D eigenvalue weighted by Crippen LogP contribution is 2.33. The van der Waals surface area contributed by atoms with Gasteiger partial charge in [-0.25, -0.2) is 4.39 Å². The van der Waals surface area contributed by atoms with Crippen LogP contribution in [-0.2, 0) is 9.59 Å². The highest BCUT2D eigenvalue weighted by Gasteiger charge is 2.31. The minimum Gasteiger partial charge on any atom is -0.489 e. The van der Waals surface area contributed by atoms with Crippen LogP contribution < -0.4 is 14.4 Å². The van der Waals surface area contributed by atoms with Crippen molar-refractivity contribution in [2.24, 2.45) is 0 Å². The van der Waals surface area contributed by atoms with Crippen LogP contribution >= 0.6 is 0 Å². The van der Waals surface area contributed by atoms with Crippen LogP contribution in [0.1, 0.15) is 13.3 Å². The highest BCUT2D eigenvalue weighted by molar-refractivity contribution is 6.00. The molecule has 148 valence electrons. The molecule has 0 radical (unpaired) electrons. The van der Waals surface area contributed by atoms with Gasteiger partial charge in [0.15, 0.2) is 17.7 Å². The van der Waals surface area contributed by atoms with Gasteiger partial charge >= 0.3 is 0 Å². The molecule has 1 atom stereocenters. The summed E-state index contributed by atoms with van der Waals surface area (Å²) in [5.41, 5.74) is 0.670. The molecular weight excluding hydrogens is 363 g/mol. The van der Waals surface area contributed by atoms with Crippen LogP contribution in [-0.4, -0.2) is 49.6 Å². The number of nitrogens with zero attached hydrogens (tertiary/aromatic N) is 2. The third kappa shape index (κ3) is 4.42. The van der Waals surface area contributed by atoms with Crippen molar-refractivity contribution in [1.29, 1.82) is 0 Å². The molecule has 7 heteroatoms. The lowest BCUT2D eigenvalue weighted by Gasteiger charge is -2.33. The van der Waals surface area contributed by atoms with Crippen molar-refractivity contribution in [2.45, 2.75) is 19.4 Å². The molecule has 1 aliphatic rings. The minimum absolute atomic E-state index is 0.124. The maximum Gasteiger partial charge on any atom is 0.267 e. The summed E-state index contributed by atoms with van der Waals surface area (Å²) in [4.78, 5) is 28.0. The van der Waals surface area contributed by atoms with Crippen molar-refractivity contribution in [2.75, 3.05) is 31.6 Å². The summed E-state index contributed by atoms with van der Waals surface area (Å²) >= 11 is 0. The molecule has 28 heavy (non-hydrogen) atoms. The molecule has 0 aliphatic carbocycles. The van der Waals surface area contributed by atoms with E-state index < -0.39 is 11.9 Å². The molecule has 1 heterocycles. The zero-order chi connectivity index (χ0) is 20.1. The van der Waals surface area contributed by atoms with E-state index in [1.165, 1.54) is 11.0 Å². The summed E-state index contributed by atoms with van der Waals surface area (Å²) in [6, 6.07) is 13.4. The van der Waals surface area contributed by atoms with Gasteiger partial charge in [0.05, 0.1) is 12.2 Å². The van der Waals surface area contributed by atoms with E-state index in [4.69, 9.17) is 9.47 Å². The number of fused-ring (bicyclic) bond motifs is 1. The van der Waals surface area contributed by atoms with Crippen LogP contribution in [0.4, 0.5) is 10.1 Å². The van der Waals surface area contributed by atoms with Gasteiger partial charge in [0.1, 0.15) is 12.4 Å². The first kappa shape index (κ1) is 19.7. The second kappa shape index (κ2) is 8.73. The minimum atomic E-state index is -0.586. The number of benzene rings is 2. The fraction of sp³-hybridized carbons (Fsp3) is 0.333. The molecule has 0 spiro atoms. The van der Waals surface area contributed by atoms with Gasteiger partial charge in [-0.3, -0.25) is 9.59 Å². The van der Waals surface area contributed by atoms with E-state index in [1.807, 2.05) is 12.1 Å². The van der Waals surface area contributed by atoms with E-state index in [-0.39, 0.29) is 37.1 Å². The summed E-state index contributed by atoms with van der Waals surface area (Å²) in [5.74, 6) is 0.0650. The van der Waals surface area contributed by atoms with Gasteiger partial charge in [-0.15, -0.1) is 0 Å². The molecule has 1 aliphatic heterocycles. The summed E-state index contributed by atoms with van der Waals surface area (Å²) in [7, 11) is 1.66. The van der Waals surface area contributed by atoms with Gasteiger partial charge in [-0.2, -0.15) is 0 Å². The number of likely N-dealkylation sites (N-methyl/N-ethyl adjacent to an activating group) is 1. The standard InChI is InChI=1S/C21H23FN2O4/c1-15-21(26)24(17-8-4-6-10-19(17)28-15)12-11-20(25)23(2)13-14-27-18-9-5-3-7-16(18)22/h3-10,15H,11-14H2,1-2H3. The first-order valence-electron chi connectivity index (χ1n) is 9.15. The van der Waals surface area contributed by atoms with Crippen molar-refractivity contribution in [3.05, 3.63) is 54.3 Å². The van der Waals surface area contributed by atoms with Gasteiger partial charge in [0.25, 0.3) is 5.91 Å². The van der Waals surface area contributed by atoms with Crippen LogP contribution in [0.3, 0.4) is 0 Å².